The minimum absolute atomic E-state index is 0.250. The van der Waals surface area contributed by atoms with Gasteiger partial charge in [0.1, 0.15) is 5.82 Å². The Hall–Kier alpha value is -1.66. The van der Waals surface area contributed by atoms with Gasteiger partial charge in [-0.15, -0.1) is 0 Å². The van der Waals surface area contributed by atoms with E-state index in [0.29, 0.717) is 0 Å². The van der Waals surface area contributed by atoms with Gasteiger partial charge in [-0.05, 0) is 25.8 Å². The lowest BCUT2D eigenvalue weighted by Crippen LogP contribution is -2.21. The van der Waals surface area contributed by atoms with Crippen molar-refractivity contribution in [3.8, 4) is 0 Å². The summed E-state index contributed by atoms with van der Waals surface area (Å²) in [5.74, 6) is 1.32. The van der Waals surface area contributed by atoms with Crippen LogP contribution in [0.3, 0.4) is 0 Å². The number of aromatic amines is 2. The molecule has 6 heteroatoms. The summed E-state index contributed by atoms with van der Waals surface area (Å²) in [4.78, 5) is 10.1. The Morgan fingerprint density at radius 3 is 3.00 bits per heavy atom. The number of rotatable bonds is 7. The standard InChI is InChI=1S/C17H27N5O/c1-3-4-5-17-18-8-15(19-17)10-22-9-13(16(23)11-22)7-14-6-12(2)20-21-14/h6,8,13,16,23H,3-5,7,9-11H2,1-2H3,(H,18,19)(H,20,21)/t13-,16+/m1/s1. The van der Waals surface area contributed by atoms with Crippen LogP contribution in [0.25, 0.3) is 0 Å². The predicted molar refractivity (Wildman–Crippen MR) is 89.0 cm³/mol. The summed E-state index contributed by atoms with van der Waals surface area (Å²) >= 11 is 0. The number of β-amino-alcohol motifs (C(OH)–C–C–N with tert-alkyl or cyclic N) is 1. The molecule has 0 aliphatic carbocycles. The highest BCUT2D eigenvalue weighted by molar-refractivity contribution is 5.09. The normalized spacial score (nSPS) is 22.0. The third-order valence-corrected chi connectivity index (χ3v) is 4.55. The number of imidazole rings is 1. The van der Waals surface area contributed by atoms with Gasteiger partial charge in [0.15, 0.2) is 0 Å². The zero-order chi connectivity index (χ0) is 16.2. The second-order valence-electron chi connectivity index (χ2n) is 6.73. The van der Waals surface area contributed by atoms with Crippen LogP contribution < -0.4 is 0 Å². The molecular weight excluding hydrogens is 290 g/mol. The second kappa shape index (κ2) is 7.27. The van der Waals surface area contributed by atoms with Gasteiger partial charge in [0.2, 0.25) is 0 Å². The number of aliphatic hydroxyl groups is 1. The maximum absolute atomic E-state index is 10.3. The summed E-state index contributed by atoms with van der Waals surface area (Å²) in [7, 11) is 0. The van der Waals surface area contributed by atoms with Crippen LogP contribution >= 0.6 is 0 Å². The van der Waals surface area contributed by atoms with E-state index in [4.69, 9.17) is 0 Å². The van der Waals surface area contributed by atoms with Crippen molar-refractivity contribution in [2.45, 2.75) is 52.2 Å². The summed E-state index contributed by atoms with van der Waals surface area (Å²) in [6, 6.07) is 2.06. The maximum atomic E-state index is 10.3. The number of hydrogen-bond acceptors (Lipinski definition) is 4. The summed E-state index contributed by atoms with van der Waals surface area (Å²) in [6.45, 7) is 6.64. The van der Waals surface area contributed by atoms with E-state index in [0.717, 1.165) is 55.4 Å². The number of hydrogen-bond donors (Lipinski definition) is 3. The molecule has 0 unspecified atom stereocenters. The molecule has 6 nitrogen and oxygen atoms in total. The van der Waals surface area contributed by atoms with Crippen LogP contribution in [0.1, 0.15) is 42.7 Å². The number of aliphatic hydroxyl groups excluding tert-OH is 1. The highest BCUT2D eigenvalue weighted by atomic mass is 16.3. The lowest BCUT2D eigenvalue weighted by atomic mass is 10.0. The molecule has 0 bridgehead atoms. The van der Waals surface area contributed by atoms with E-state index in [1.165, 1.54) is 12.8 Å². The zero-order valence-corrected chi connectivity index (χ0v) is 14.0. The van der Waals surface area contributed by atoms with Crippen LogP contribution in [-0.4, -0.2) is 49.4 Å². The molecule has 0 aromatic carbocycles. The van der Waals surface area contributed by atoms with Crippen molar-refractivity contribution in [2.75, 3.05) is 13.1 Å². The fraction of sp³-hybridized carbons (Fsp3) is 0.647. The molecule has 1 fully saturated rings. The van der Waals surface area contributed by atoms with Crippen LogP contribution in [0.4, 0.5) is 0 Å². The molecule has 2 aromatic rings. The van der Waals surface area contributed by atoms with Crippen LogP contribution in [0, 0.1) is 12.8 Å². The van der Waals surface area contributed by atoms with Crippen molar-refractivity contribution in [1.82, 2.24) is 25.1 Å². The van der Waals surface area contributed by atoms with Gasteiger partial charge in [-0.2, -0.15) is 5.10 Å². The Balaban J connectivity index is 1.52. The maximum Gasteiger partial charge on any atom is 0.106 e. The van der Waals surface area contributed by atoms with Crippen LogP contribution in [0.2, 0.25) is 0 Å². The molecule has 23 heavy (non-hydrogen) atoms. The smallest absolute Gasteiger partial charge is 0.106 e. The van der Waals surface area contributed by atoms with E-state index in [9.17, 15) is 5.11 Å². The molecule has 126 valence electrons. The molecule has 3 N–H and O–H groups in total. The van der Waals surface area contributed by atoms with E-state index < -0.39 is 0 Å². The van der Waals surface area contributed by atoms with Crippen molar-refractivity contribution < 1.29 is 5.11 Å². The molecule has 2 atom stereocenters. The predicted octanol–water partition coefficient (Wildman–Crippen LogP) is 1.82. The number of nitrogens with one attached hydrogen (secondary N) is 2. The number of aromatic nitrogens is 4. The first kappa shape index (κ1) is 16.2. The molecule has 0 amide bonds. The SMILES string of the molecule is CCCCc1ncc(CN2C[C@@H](Cc3cc(C)[nH]n3)[C@@H](O)C2)[nH]1. The molecule has 2 aromatic heterocycles. The largest absolute Gasteiger partial charge is 0.391 e. The first-order valence-corrected chi connectivity index (χ1v) is 8.58. The first-order valence-electron chi connectivity index (χ1n) is 8.58. The van der Waals surface area contributed by atoms with E-state index in [-0.39, 0.29) is 12.0 Å². The van der Waals surface area contributed by atoms with Crippen molar-refractivity contribution in [2.24, 2.45) is 5.92 Å². The van der Waals surface area contributed by atoms with Crippen LogP contribution in [0.15, 0.2) is 12.3 Å². The Kier molecular flexibility index (Phi) is 5.13. The van der Waals surface area contributed by atoms with E-state index in [1.807, 2.05) is 13.1 Å². The fourth-order valence-corrected chi connectivity index (χ4v) is 3.32. The van der Waals surface area contributed by atoms with Gasteiger partial charge in [-0.1, -0.05) is 13.3 Å². The zero-order valence-electron chi connectivity index (χ0n) is 14.0. The molecule has 1 saturated heterocycles. The molecule has 0 radical (unpaired) electrons. The van der Waals surface area contributed by atoms with Gasteiger partial charge >= 0.3 is 0 Å². The van der Waals surface area contributed by atoms with Gasteiger partial charge in [0.05, 0.1) is 11.8 Å². The Labute approximate surface area is 137 Å². The van der Waals surface area contributed by atoms with Crippen LogP contribution in [0.5, 0.6) is 0 Å². The topological polar surface area (TPSA) is 80.8 Å². The Morgan fingerprint density at radius 2 is 2.26 bits per heavy atom. The van der Waals surface area contributed by atoms with Gasteiger partial charge in [-0.25, -0.2) is 4.98 Å². The van der Waals surface area contributed by atoms with Gasteiger partial charge in [0, 0.05) is 49.6 Å². The molecule has 1 aliphatic rings. The molecule has 3 heterocycles. The van der Waals surface area contributed by atoms with E-state index in [2.05, 4.69) is 38.1 Å². The quantitative estimate of drug-likeness (QED) is 0.727. The minimum atomic E-state index is -0.283. The monoisotopic (exact) mass is 317 g/mol. The second-order valence-corrected chi connectivity index (χ2v) is 6.73. The first-order chi connectivity index (χ1) is 11.1. The average Bonchev–Trinajstić information content (AvgIpc) is 3.21. The van der Waals surface area contributed by atoms with Gasteiger partial charge in [-0.3, -0.25) is 10.00 Å². The lowest BCUT2D eigenvalue weighted by Gasteiger charge is -2.13. The van der Waals surface area contributed by atoms with Gasteiger partial charge in [0.25, 0.3) is 0 Å². The van der Waals surface area contributed by atoms with E-state index >= 15 is 0 Å². The molecular formula is C17H27N5O. The molecule has 0 spiro atoms. The molecule has 0 saturated carbocycles. The number of likely N-dealkylation sites (tertiary alicyclic amines) is 1. The highest BCUT2D eigenvalue weighted by Gasteiger charge is 2.31. The van der Waals surface area contributed by atoms with E-state index in [1.54, 1.807) is 0 Å². The van der Waals surface area contributed by atoms with Crippen molar-refractivity contribution in [3.63, 3.8) is 0 Å². The summed E-state index contributed by atoms with van der Waals surface area (Å²) in [5, 5.41) is 17.6. The summed E-state index contributed by atoms with van der Waals surface area (Å²) in [5.41, 5.74) is 3.25. The lowest BCUT2D eigenvalue weighted by molar-refractivity contribution is 0.140. The highest BCUT2D eigenvalue weighted by Crippen LogP contribution is 2.22. The number of H-pyrrole nitrogens is 2. The third-order valence-electron chi connectivity index (χ3n) is 4.55. The Morgan fingerprint density at radius 1 is 1.39 bits per heavy atom. The summed E-state index contributed by atoms with van der Waals surface area (Å²) in [6.07, 6.45) is 5.84. The van der Waals surface area contributed by atoms with Crippen LogP contribution in [-0.2, 0) is 19.4 Å². The minimum Gasteiger partial charge on any atom is -0.391 e. The Bertz CT molecular complexity index is 620. The average molecular weight is 317 g/mol. The fourth-order valence-electron chi connectivity index (χ4n) is 3.32. The van der Waals surface area contributed by atoms with Crippen molar-refractivity contribution in [3.05, 3.63) is 35.2 Å². The molecule has 3 rings (SSSR count). The summed E-state index contributed by atoms with van der Waals surface area (Å²) < 4.78 is 0. The van der Waals surface area contributed by atoms with Gasteiger partial charge < -0.3 is 10.1 Å². The van der Waals surface area contributed by atoms with Crippen molar-refractivity contribution in [1.29, 1.82) is 0 Å². The number of unbranched alkanes of at least 4 members (excludes halogenated alkanes) is 1. The number of nitrogens with zero attached hydrogens (tertiary/aromatic N) is 3. The van der Waals surface area contributed by atoms with Crippen molar-refractivity contribution >= 4 is 0 Å². The molecule has 1 aliphatic heterocycles. The third kappa shape index (κ3) is 4.20. The number of aryl methyl sites for hydroxylation is 2.